The van der Waals surface area contributed by atoms with E-state index in [2.05, 4.69) is 12.2 Å². The third kappa shape index (κ3) is 2.21. The minimum Gasteiger partial charge on any atom is -0.295 e. The third-order valence-corrected chi connectivity index (χ3v) is 8.04. The maximum absolute atomic E-state index is 13.1. The lowest BCUT2D eigenvalue weighted by molar-refractivity contribution is -0.128. The van der Waals surface area contributed by atoms with Crippen LogP contribution in [0.25, 0.3) is 0 Å². The van der Waals surface area contributed by atoms with Crippen LogP contribution < -0.4 is 0 Å². The lowest BCUT2D eigenvalue weighted by Gasteiger charge is -2.52. The number of carbonyl (C=O) groups is 2. The van der Waals surface area contributed by atoms with Crippen molar-refractivity contribution in [1.82, 2.24) is 0 Å². The molecule has 0 aromatic rings. The van der Waals surface area contributed by atoms with Gasteiger partial charge in [0.2, 0.25) is 0 Å². The second-order valence-corrected chi connectivity index (χ2v) is 9.02. The van der Waals surface area contributed by atoms with Gasteiger partial charge in [-0.25, -0.2) is 0 Å². The van der Waals surface area contributed by atoms with Crippen molar-refractivity contribution in [2.24, 2.45) is 41.4 Å². The van der Waals surface area contributed by atoms with Crippen LogP contribution in [-0.4, -0.2) is 11.6 Å². The third-order valence-electron chi connectivity index (χ3n) is 8.04. The topological polar surface area (TPSA) is 34.1 Å². The van der Waals surface area contributed by atoms with Crippen LogP contribution in [0.4, 0.5) is 0 Å². The molecule has 5 rings (SSSR count). The van der Waals surface area contributed by atoms with Crippen LogP contribution in [0.2, 0.25) is 0 Å². The van der Waals surface area contributed by atoms with Gasteiger partial charge >= 0.3 is 0 Å². The molecule has 5 aliphatic rings. The highest BCUT2D eigenvalue weighted by Gasteiger charge is 2.51. The molecule has 0 bridgehead atoms. The average Bonchev–Trinajstić information content (AvgIpc) is 2.60. The molecule has 0 aromatic heterocycles. The molecule has 24 heavy (non-hydrogen) atoms. The Morgan fingerprint density at radius 1 is 0.833 bits per heavy atom. The van der Waals surface area contributed by atoms with Crippen molar-refractivity contribution in [3.05, 3.63) is 23.8 Å². The van der Waals surface area contributed by atoms with Crippen molar-refractivity contribution >= 4 is 11.6 Å². The Bertz CT molecular complexity index is 628. The van der Waals surface area contributed by atoms with Gasteiger partial charge in [-0.2, -0.15) is 0 Å². The summed E-state index contributed by atoms with van der Waals surface area (Å²) in [4.78, 5) is 24.9. The molecule has 3 saturated carbocycles. The van der Waals surface area contributed by atoms with Gasteiger partial charge in [-0.05, 0) is 73.8 Å². The first-order valence-electron chi connectivity index (χ1n) is 10.2. The van der Waals surface area contributed by atoms with E-state index in [1.165, 1.54) is 56.9 Å². The van der Waals surface area contributed by atoms with Gasteiger partial charge in [-0.15, -0.1) is 0 Å². The summed E-state index contributed by atoms with van der Waals surface area (Å²) in [7, 11) is 0. The molecule has 2 nitrogen and oxygen atoms in total. The van der Waals surface area contributed by atoms with Crippen molar-refractivity contribution in [1.29, 1.82) is 0 Å². The average molecular weight is 324 g/mol. The molecule has 0 N–H and O–H groups in total. The first-order chi connectivity index (χ1) is 11.7. The molecule has 0 spiro atoms. The fourth-order valence-corrected chi connectivity index (χ4v) is 7.06. The number of hydrogen-bond donors (Lipinski definition) is 0. The molecule has 0 radical (unpaired) electrons. The molecule has 0 aliphatic heterocycles. The van der Waals surface area contributed by atoms with E-state index >= 15 is 0 Å². The summed E-state index contributed by atoms with van der Waals surface area (Å²) in [6.45, 7) is 0. The maximum Gasteiger partial charge on any atom is 0.159 e. The Kier molecular flexibility index (Phi) is 3.57. The first-order valence-corrected chi connectivity index (χ1v) is 10.2. The Hall–Kier alpha value is -1.18. The van der Waals surface area contributed by atoms with Crippen LogP contribution >= 0.6 is 0 Å². The van der Waals surface area contributed by atoms with Crippen LogP contribution in [0.5, 0.6) is 0 Å². The van der Waals surface area contributed by atoms with Crippen molar-refractivity contribution in [3.63, 3.8) is 0 Å². The van der Waals surface area contributed by atoms with E-state index in [0.717, 1.165) is 5.92 Å². The van der Waals surface area contributed by atoms with Gasteiger partial charge in [-0.3, -0.25) is 9.59 Å². The zero-order valence-corrected chi connectivity index (χ0v) is 14.5. The molecule has 7 unspecified atom stereocenters. The standard InChI is InChI=1S/C22H28O2/c23-15-7-10-16-14(11-15)6-8-18-19-9-5-13-3-1-2-4-17(13)22(19)21(24)12-20(16)18/h7,10,12-14,16-19,22H,1-6,8-9,11H2. The Balaban J connectivity index is 1.50. The second kappa shape index (κ2) is 5.68. The smallest absolute Gasteiger partial charge is 0.159 e. The van der Waals surface area contributed by atoms with E-state index in [0.29, 0.717) is 47.7 Å². The van der Waals surface area contributed by atoms with Gasteiger partial charge in [0.25, 0.3) is 0 Å². The number of allylic oxidation sites excluding steroid dienone is 4. The molecule has 0 aromatic carbocycles. The van der Waals surface area contributed by atoms with Crippen LogP contribution in [-0.2, 0) is 9.59 Å². The number of carbonyl (C=O) groups excluding carboxylic acids is 2. The fraction of sp³-hybridized carbons (Fsp3) is 0.727. The molecule has 0 heterocycles. The van der Waals surface area contributed by atoms with E-state index in [1.807, 2.05) is 0 Å². The fourth-order valence-electron chi connectivity index (χ4n) is 7.06. The minimum atomic E-state index is 0.276. The van der Waals surface area contributed by atoms with Crippen molar-refractivity contribution in [2.75, 3.05) is 0 Å². The highest BCUT2D eigenvalue weighted by molar-refractivity contribution is 5.95. The normalized spacial score (nSPS) is 47.2. The summed E-state index contributed by atoms with van der Waals surface area (Å²) in [6.07, 6.45) is 17.0. The molecular weight excluding hydrogens is 296 g/mol. The monoisotopic (exact) mass is 324 g/mol. The summed E-state index contributed by atoms with van der Waals surface area (Å²) in [5, 5.41) is 0. The van der Waals surface area contributed by atoms with Crippen LogP contribution in [0, 0.1) is 41.4 Å². The molecule has 3 fully saturated rings. The lowest BCUT2D eigenvalue weighted by Crippen LogP contribution is -2.48. The SMILES string of the molecule is O=C1C=CC2C3=CC(=O)C4C5CCCCC5CCC4C3CCC2C1. The molecular formula is C22H28O2. The van der Waals surface area contributed by atoms with Gasteiger partial charge in [0, 0.05) is 18.3 Å². The van der Waals surface area contributed by atoms with Crippen molar-refractivity contribution < 1.29 is 9.59 Å². The molecule has 7 atom stereocenters. The molecule has 0 amide bonds. The summed E-state index contributed by atoms with van der Waals surface area (Å²) in [6, 6.07) is 0. The van der Waals surface area contributed by atoms with Crippen LogP contribution in [0.15, 0.2) is 23.8 Å². The van der Waals surface area contributed by atoms with E-state index in [9.17, 15) is 9.59 Å². The van der Waals surface area contributed by atoms with Crippen molar-refractivity contribution in [3.8, 4) is 0 Å². The van der Waals surface area contributed by atoms with Crippen molar-refractivity contribution in [2.45, 2.75) is 57.8 Å². The highest BCUT2D eigenvalue weighted by Crippen LogP contribution is 2.56. The number of hydrogen-bond acceptors (Lipinski definition) is 2. The summed E-state index contributed by atoms with van der Waals surface area (Å²) >= 11 is 0. The molecule has 0 saturated heterocycles. The molecule has 5 aliphatic carbocycles. The van der Waals surface area contributed by atoms with Gasteiger partial charge in [-0.1, -0.05) is 30.9 Å². The van der Waals surface area contributed by atoms with E-state index < -0.39 is 0 Å². The lowest BCUT2D eigenvalue weighted by atomic mass is 9.51. The largest absolute Gasteiger partial charge is 0.295 e. The van der Waals surface area contributed by atoms with Crippen LogP contribution in [0.1, 0.15) is 57.8 Å². The quantitative estimate of drug-likeness (QED) is 0.657. The number of ketones is 2. The van der Waals surface area contributed by atoms with Gasteiger partial charge < -0.3 is 0 Å². The second-order valence-electron chi connectivity index (χ2n) is 9.02. The predicted octanol–water partition coefficient (Wildman–Crippen LogP) is 4.50. The van der Waals surface area contributed by atoms with E-state index in [4.69, 9.17) is 0 Å². The summed E-state index contributed by atoms with van der Waals surface area (Å²) in [5.41, 5.74) is 1.40. The highest BCUT2D eigenvalue weighted by atomic mass is 16.1. The van der Waals surface area contributed by atoms with Gasteiger partial charge in [0.1, 0.15) is 0 Å². The molecule has 128 valence electrons. The molecule has 2 heteroatoms. The minimum absolute atomic E-state index is 0.276. The van der Waals surface area contributed by atoms with E-state index in [1.54, 1.807) is 6.08 Å². The summed E-state index contributed by atoms with van der Waals surface area (Å²) in [5.74, 6) is 4.58. The predicted molar refractivity (Wildman–Crippen MR) is 93.2 cm³/mol. The first kappa shape index (κ1) is 15.1. The zero-order chi connectivity index (χ0) is 16.3. The van der Waals surface area contributed by atoms with Gasteiger partial charge in [0.05, 0.1) is 0 Å². The Morgan fingerprint density at radius 3 is 2.58 bits per heavy atom. The van der Waals surface area contributed by atoms with Gasteiger partial charge in [0.15, 0.2) is 11.6 Å². The summed E-state index contributed by atoms with van der Waals surface area (Å²) < 4.78 is 0. The number of rotatable bonds is 0. The van der Waals surface area contributed by atoms with E-state index in [-0.39, 0.29) is 5.78 Å². The maximum atomic E-state index is 13.1. The Morgan fingerprint density at radius 2 is 1.67 bits per heavy atom. The number of fused-ring (bicyclic) bond motifs is 7. The zero-order valence-electron chi connectivity index (χ0n) is 14.5. The van der Waals surface area contributed by atoms with Crippen LogP contribution in [0.3, 0.4) is 0 Å². The Labute approximate surface area is 144 Å².